The van der Waals surface area contributed by atoms with Gasteiger partial charge in [-0.05, 0) is 25.5 Å². The lowest BCUT2D eigenvalue weighted by molar-refractivity contribution is -0.138. The summed E-state index contributed by atoms with van der Waals surface area (Å²) in [6.07, 6.45) is 0. The van der Waals surface area contributed by atoms with Gasteiger partial charge in [-0.15, -0.1) is 0 Å². The number of hydrogen-bond acceptors (Lipinski definition) is 2. The molecule has 0 spiro atoms. The van der Waals surface area contributed by atoms with Gasteiger partial charge in [0.15, 0.2) is 0 Å². The summed E-state index contributed by atoms with van der Waals surface area (Å²) < 4.78 is 0. The topological polar surface area (TPSA) is 78.4 Å². The van der Waals surface area contributed by atoms with Gasteiger partial charge in [0.2, 0.25) is 0 Å². The first-order chi connectivity index (χ1) is 8.41. The fourth-order valence-corrected chi connectivity index (χ4v) is 1.70. The first-order valence-corrected chi connectivity index (χ1v) is 5.84. The van der Waals surface area contributed by atoms with Crippen LogP contribution in [0.2, 0.25) is 5.02 Å². The van der Waals surface area contributed by atoms with Crippen LogP contribution in [0.3, 0.4) is 0 Å². The molecule has 1 aromatic rings. The normalized spacial score (nSPS) is 13.5. The van der Waals surface area contributed by atoms with Gasteiger partial charge in [-0.3, -0.25) is 4.79 Å². The quantitative estimate of drug-likeness (QED) is 0.785. The summed E-state index contributed by atoms with van der Waals surface area (Å²) in [5.74, 6) is -1.09. The summed E-state index contributed by atoms with van der Waals surface area (Å²) >= 11 is 5.99. The lowest BCUT2D eigenvalue weighted by atomic mass is 10.1. The van der Waals surface area contributed by atoms with E-state index in [9.17, 15) is 9.59 Å². The first kappa shape index (κ1) is 14.3. The lowest BCUT2D eigenvalue weighted by Crippen LogP contribution is -2.45. The molecule has 0 aliphatic heterocycles. The minimum absolute atomic E-state index is 0.306. The van der Waals surface area contributed by atoms with Gasteiger partial charge < -0.3 is 15.7 Å². The van der Waals surface area contributed by atoms with Crippen molar-refractivity contribution in [2.45, 2.75) is 25.9 Å². The number of nitrogens with one attached hydrogen (secondary N) is 2. The monoisotopic (exact) mass is 270 g/mol. The summed E-state index contributed by atoms with van der Waals surface area (Å²) in [5, 5.41) is 14.1. The molecule has 0 bridgehead atoms. The molecular weight excluding hydrogens is 256 g/mol. The second-order valence-corrected chi connectivity index (χ2v) is 4.33. The van der Waals surface area contributed by atoms with Gasteiger partial charge >= 0.3 is 12.0 Å². The Balaban J connectivity index is 2.60. The highest BCUT2D eigenvalue weighted by Gasteiger charge is 2.16. The van der Waals surface area contributed by atoms with Crippen LogP contribution in [0, 0.1) is 0 Å². The van der Waals surface area contributed by atoms with Crippen molar-refractivity contribution in [2.75, 3.05) is 0 Å². The molecule has 0 saturated carbocycles. The largest absolute Gasteiger partial charge is 0.480 e. The van der Waals surface area contributed by atoms with E-state index in [1.54, 1.807) is 25.1 Å². The fourth-order valence-electron chi connectivity index (χ4n) is 1.40. The van der Waals surface area contributed by atoms with Crippen molar-refractivity contribution in [3.8, 4) is 0 Å². The third kappa shape index (κ3) is 3.92. The van der Waals surface area contributed by atoms with Gasteiger partial charge in [0, 0.05) is 5.02 Å². The predicted octanol–water partition coefficient (Wildman–Crippen LogP) is 2.17. The zero-order chi connectivity index (χ0) is 13.7. The van der Waals surface area contributed by atoms with Crippen LogP contribution >= 0.6 is 11.6 Å². The van der Waals surface area contributed by atoms with Crippen LogP contribution in [0.15, 0.2) is 24.3 Å². The molecule has 0 fully saturated rings. The summed E-state index contributed by atoms with van der Waals surface area (Å²) in [5.41, 5.74) is 0.775. The minimum atomic E-state index is -1.09. The number of halogens is 1. The van der Waals surface area contributed by atoms with Gasteiger partial charge in [-0.2, -0.15) is 0 Å². The number of carbonyl (C=O) groups is 2. The highest BCUT2D eigenvalue weighted by Crippen LogP contribution is 2.21. The maximum Gasteiger partial charge on any atom is 0.325 e. The summed E-state index contributed by atoms with van der Waals surface area (Å²) in [6.45, 7) is 3.16. The van der Waals surface area contributed by atoms with Crippen LogP contribution < -0.4 is 10.6 Å². The molecule has 5 nitrogen and oxygen atoms in total. The Morgan fingerprint density at radius 2 is 1.83 bits per heavy atom. The predicted molar refractivity (Wildman–Crippen MR) is 68.6 cm³/mol. The highest BCUT2D eigenvalue weighted by molar-refractivity contribution is 6.31. The SMILES string of the molecule is CC(NC(=O)NC(C)c1ccccc1Cl)C(=O)O. The average molecular weight is 271 g/mol. The molecule has 0 radical (unpaired) electrons. The number of carboxylic acids is 1. The zero-order valence-corrected chi connectivity index (χ0v) is 10.9. The Hall–Kier alpha value is -1.75. The molecule has 2 amide bonds. The standard InChI is InChI=1S/C12H15ClN2O3/c1-7(9-5-3-4-6-10(9)13)14-12(18)15-8(2)11(16)17/h3-8H,1-2H3,(H,16,17)(H2,14,15,18). The number of aliphatic carboxylic acids is 1. The maximum absolute atomic E-state index is 11.5. The molecule has 2 atom stereocenters. The second kappa shape index (κ2) is 6.26. The van der Waals surface area contributed by atoms with E-state index < -0.39 is 18.0 Å². The van der Waals surface area contributed by atoms with Crippen molar-refractivity contribution >= 4 is 23.6 Å². The van der Waals surface area contributed by atoms with E-state index in [0.717, 1.165) is 5.56 Å². The Morgan fingerprint density at radius 3 is 2.39 bits per heavy atom. The molecule has 6 heteroatoms. The molecule has 2 unspecified atom stereocenters. The molecule has 3 N–H and O–H groups in total. The molecule has 1 aromatic carbocycles. The molecule has 0 aliphatic rings. The lowest BCUT2D eigenvalue weighted by Gasteiger charge is -2.17. The molecule has 1 rings (SSSR count). The molecular formula is C12H15ClN2O3. The molecule has 98 valence electrons. The van der Waals surface area contributed by atoms with E-state index >= 15 is 0 Å². The van der Waals surface area contributed by atoms with E-state index in [1.807, 2.05) is 6.07 Å². The Kier molecular flexibility index (Phi) is 4.97. The molecule has 18 heavy (non-hydrogen) atoms. The van der Waals surface area contributed by atoms with E-state index in [0.29, 0.717) is 5.02 Å². The third-order valence-electron chi connectivity index (χ3n) is 2.44. The third-order valence-corrected chi connectivity index (χ3v) is 2.78. The van der Waals surface area contributed by atoms with Crippen molar-refractivity contribution in [3.05, 3.63) is 34.9 Å². The molecule has 0 heterocycles. The number of rotatable bonds is 4. The van der Waals surface area contributed by atoms with Crippen molar-refractivity contribution < 1.29 is 14.7 Å². The van der Waals surface area contributed by atoms with Gasteiger partial charge in [-0.25, -0.2) is 4.79 Å². The van der Waals surface area contributed by atoms with Gasteiger partial charge in [-0.1, -0.05) is 29.8 Å². The maximum atomic E-state index is 11.5. The van der Waals surface area contributed by atoms with Crippen molar-refractivity contribution in [2.24, 2.45) is 0 Å². The van der Waals surface area contributed by atoms with Crippen LogP contribution in [0.25, 0.3) is 0 Å². The van der Waals surface area contributed by atoms with Crippen LogP contribution in [-0.4, -0.2) is 23.1 Å². The van der Waals surface area contributed by atoms with Gasteiger partial charge in [0.1, 0.15) is 6.04 Å². The van der Waals surface area contributed by atoms with Gasteiger partial charge in [0.05, 0.1) is 6.04 Å². The van der Waals surface area contributed by atoms with E-state index in [2.05, 4.69) is 10.6 Å². The summed E-state index contributed by atoms with van der Waals surface area (Å²) in [4.78, 5) is 22.1. The van der Waals surface area contributed by atoms with Gasteiger partial charge in [0.25, 0.3) is 0 Å². The van der Waals surface area contributed by atoms with Crippen molar-refractivity contribution in [1.29, 1.82) is 0 Å². The van der Waals surface area contributed by atoms with Crippen molar-refractivity contribution in [1.82, 2.24) is 10.6 Å². The minimum Gasteiger partial charge on any atom is -0.480 e. The number of urea groups is 1. The van der Waals surface area contributed by atoms with Crippen LogP contribution in [0.5, 0.6) is 0 Å². The summed E-state index contributed by atoms with van der Waals surface area (Å²) in [6, 6.07) is 5.35. The second-order valence-electron chi connectivity index (χ2n) is 3.92. The Bertz CT molecular complexity index is 451. The molecule has 0 aliphatic carbocycles. The zero-order valence-electron chi connectivity index (χ0n) is 10.1. The Labute approximate surface area is 110 Å². The fraction of sp³-hybridized carbons (Fsp3) is 0.333. The van der Waals surface area contributed by atoms with Crippen molar-refractivity contribution in [3.63, 3.8) is 0 Å². The van der Waals surface area contributed by atoms with E-state index in [4.69, 9.17) is 16.7 Å². The Morgan fingerprint density at radius 1 is 1.22 bits per heavy atom. The number of carbonyl (C=O) groups excluding carboxylic acids is 1. The number of carboxylic acid groups (broad SMARTS) is 1. The molecule has 0 saturated heterocycles. The smallest absolute Gasteiger partial charge is 0.325 e. The number of amides is 2. The van der Waals surface area contributed by atoms with Crippen LogP contribution in [-0.2, 0) is 4.79 Å². The van der Waals surface area contributed by atoms with E-state index in [-0.39, 0.29) is 6.04 Å². The van der Waals surface area contributed by atoms with Crippen LogP contribution in [0.1, 0.15) is 25.5 Å². The highest BCUT2D eigenvalue weighted by atomic mass is 35.5. The number of benzene rings is 1. The van der Waals surface area contributed by atoms with E-state index in [1.165, 1.54) is 6.92 Å². The molecule has 0 aromatic heterocycles. The number of hydrogen-bond donors (Lipinski definition) is 3. The van der Waals surface area contributed by atoms with Crippen LogP contribution in [0.4, 0.5) is 4.79 Å². The summed E-state index contributed by atoms with van der Waals surface area (Å²) in [7, 11) is 0. The average Bonchev–Trinajstić information content (AvgIpc) is 2.28. The first-order valence-electron chi connectivity index (χ1n) is 5.46.